The summed E-state index contributed by atoms with van der Waals surface area (Å²) < 4.78 is 33.4. The van der Waals surface area contributed by atoms with Crippen molar-refractivity contribution in [2.75, 3.05) is 0 Å². The summed E-state index contributed by atoms with van der Waals surface area (Å²) in [6.45, 7) is 4.86. The minimum atomic E-state index is -0.719. The van der Waals surface area contributed by atoms with Gasteiger partial charge in [0.05, 0.1) is 14.9 Å². The number of hydrogen-bond donors (Lipinski definition) is 0. The lowest BCUT2D eigenvalue weighted by Crippen LogP contribution is -2.12. The molecule has 8 heteroatoms. The molecule has 0 N–H and O–H groups in total. The van der Waals surface area contributed by atoms with Gasteiger partial charge in [0.1, 0.15) is 22.7 Å². The van der Waals surface area contributed by atoms with Crippen LogP contribution in [0.2, 0.25) is 0 Å². The second kappa shape index (κ2) is 7.22. The van der Waals surface area contributed by atoms with Crippen molar-refractivity contribution in [1.82, 2.24) is 0 Å². The van der Waals surface area contributed by atoms with E-state index in [1.54, 1.807) is 6.08 Å². The zero-order valence-electron chi connectivity index (χ0n) is 13.0. The average molecular weight is 507 g/mol. The molecule has 24 heavy (non-hydrogen) atoms. The second-order valence-electron chi connectivity index (χ2n) is 6.25. The molecular formula is C16H14Br2Cl2F2O2. The number of benzene rings is 1. The molecule has 2 nitrogen and oxygen atoms in total. The largest absolute Gasteiger partial charge is 0.460 e. The Kier molecular flexibility index (Phi) is 6.06. The van der Waals surface area contributed by atoms with Gasteiger partial charge >= 0.3 is 5.97 Å². The zero-order chi connectivity index (χ0) is 18.4. The van der Waals surface area contributed by atoms with E-state index in [1.807, 2.05) is 13.8 Å². The number of carbonyl (C=O) groups is 1. The van der Waals surface area contributed by atoms with Crippen molar-refractivity contribution in [1.29, 1.82) is 0 Å². The maximum absolute atomic E-state index is 14.0. The Morgan fingerprint density at radius 3 is 2.21 bits per heavy atom. The average Bonchev–Trinajstić information content (AvgIpc) is 3.02. The highest BCUT2D eigenvalue weighted by Crippen LogP contribution is 2.60. The number of ether oxygens (including phenoxy) is 1. The lowest BCUT2D eigenvalue weighted by Gasteiger charge is -2.13. The summed E-state index contributed by atoms with van der Waals surface area (Å²) in [5.74, 6) is -2.43. The summed E-state index contributed by atoms with van der Waals surface area (Å²) >= 11 is 17.5. The van der Waals surface area contributed by atoms with Gasteiger partial charge in [0, 0.05) is 11.1 Å². The Hall–Kier alpha value is -0.170. The first-order chi connectivity index (χ1) is 11.0. The van der Waals surface area contributed by atoms with Crippen LogP contribution in [-0.4, -0.2) is 5.97 Å². The summed E-state index contributed by atoms with van der Waals surface area (Å²) in [5.41, 5.74) is -0.247. The molecule has 0 bridgehead atoms. The van der Waals surface area contributed by atoms with Gasteiger partial charge in [-0.05, 0) is 56.2 Å². The fourth-order valence-corrected chi connectivity index (χ4v) is 4.48. The summed E-state index contributed by atoms with van der Waals surface area (Å²) in [6, 6.07) is 0. The molecule has 1 aromatic rings. The van der Waals surface area contributed by atoms with E-state index in [1.165, 1.54) is 6.92 Å². The number of esters is 1. The van der Waals surface area contributed by atoms with E-state index < -0.39 is 23.5 Å². The quantitative estimate of drug-likeness (QED) is 0.347. The van der Waals surface area contributed by atoms with E-state index in [0.29, 0.717) is 0 Å². The maximum atomic E-state index is 14.0. The molecule has 0 aromatic heterocycles. The van der Waals surface area contributed by atoms with Crippen molar-refractivity contribution in [2.24, 2.45) is 17.3 Å². The third kappa shape index (κ3) is 3.67. The van der Waals surface area contributed by atoms with Crippen LogP contribution in [0.15, 0.2) is 19.5 Å². The van der Waals surface area contributed by atoms with E-state index in [-0.39, 0.29) is 42.5 Å². The molecule has 0 aliphatic heterocycles. The third-order valence-corrected chi connectivity index (χ3v) is 6.31. The lowest BCUT2D eigenvalue weighted by atomic mass is 10.1. The van der Waals surface area contributed by atoms with E-state index in [9.17, 15) is 13.6 Å². The van der Waals surface area contributed by atoms with E-state index in [4.69, 9.17) is 27.9 Å². The minimum absolute atomic E-state index is 0.0661. The molecule has 0 heterocycles. The van der Waals surface area contributed by atoms with Crippen molar-refractivity contribution in [3.8, 4) is 0 Å². The predicted octanol–water partition coefficient (Wildman–Crippen LogP) is 6.43. The van der Waals surface area contributed by atoms with Crippen LogP contribution >= 0.6 is 55.1 Å². The Labute approximate surface area is 165 Å². The fraction of sp³-hybridized carbons (Fsp3) is 0.438. The van der Waals surface area contributed by atoms with Gasteiger partial charge in [0.2, 0.25) is 0 Å². The van der Waals surface area contributed by atoms with Gasteiger partial charge in [-0.15, -0.1) is 0 Å². The van der Waals surface area contributed by atoms with Crippen molar-refractivity contribution >= 4 is 61.0 Å². The first-order valence-corrected chi connectivity index (χ1v) is 9.35. The molecule has 1 aliphatic carbocycles. The molecule has 1 fully saturated rings. The summed E-state index contributed by atoms with van der Waals surface area (Å²) in [5, 5.41) is 0. The molecule has 0 radical (unpaired) electrons. The second-order valence-corrected chi connectivity index (χ2v) is 8.84. The third-order valence-electron chi connectivity index (χ3n) is 4.40. The van der Waals surface area contributed by atoms with Crippen LogP contribution < -0.4 is 0 Å². The summed E-state index contributed by atoms with van der Waals surface area (Å²) in [6.07, 6.45) is 1.60. The van der Waals surface area contributed by atoms with Crippen LogP contribution in [0.4, 0.5) is 8.78 Å². The highest BCUT2D eigenvalue weighted by molar-refractivity contribution is 9.11. The predicted molar refractivity (Wildman–Crippen MR) is 96.8 cm³/mol. The van der Waals surface area contributed by atoms with Gasteiger partial charge in [-0.2, -0.15) is 0 Å². The van der Waals surface area contributed by atoms with Gasteiger partial charge in [0.25, 0.3) is 0 Å². The molecular weight excluding hydrogens is 493 g/mol. The van der Waals surface area contributed by atoms with Gasteiger partial charge in [-0.1, -0.05) is 37.0 Å². The number of allylic oxidation sites excluding steroid dienone is 1. The monoisotopic (exact) mass is 504 g/mol. The molecule has 1 saturated carbocycles. The molecule has 0 amide bonds. The molecule has 0 unspecified atom stereocenters. The van der Waals surface area contributed by atoms with E-state index >= 15 is 0 Å². The zero-order valence-corrected chi connectivity index (χ0v) is 17.7. The van der Waals surface area contributed by atoms with Crippen LogP contribution in [0.25, 0.3) is 0 Å². The molecule has 0 spiro atoms. The molecule has 1 aliphatic rings. The van der Waals surface area contributed by atoms with Crippen LogP contribution in [0.5, 0.6) is 0 Å². The Balaban J connectivity index is 2.16. The molecule has 2 rings (SSSR count). The van der Waals surface area contributed by atoms with Crippen molar-refractivity contribution in [3.63, 3.8) is 0 Å². The number of halogens is 6. The maximum Gasteiger partial charge on any atom is 0.310 e. The Morgan fingerprint density at radius 1 is 1.25 bits per heavy atom. The van der Waals surface area contributed by atoms with Gasteiger partial charge < -0.3 is 4.74 Å². The van der Waals surface area contributed by atoms with Crippen LogP contribution in [-0.2, 0) is 16.1 Å². The Bertz CT molecular complexity index is 702. The highest BCUT2D eigenvalue weighted by atomic mass is 79.9. The lowest BCUT2D eigenvalue weighted by molar-refractivity contribution is -0.147. The number of carbonyl (C=O) groups excluding carboxylic acids is 1. The van der Waals surface area contributed by atoms with Crippen LogP contribution in [0, 0.1) is 35.8 Å². The van der Waals surface area contributed by atoms with Crippen molar-refractivity contribution < 1.29 is 18.3 Å². The topological polar surface area (TPSA) is 26.3 Å². The first-order valence-electron chi connectivity index (χ1n) is 7.01. The number of rotatable bonds is 4. The summed E-state index contributed by atoms with van der Waals surface area (Å²) in [7, 11) is 0. The number of hydrogen-bond acceptors (Lipinski definition) is 2. The SMILES string of the molecule is Cc1c(F)c(Br)c(COC(=O)[C@H]2[C@H](C=C(Cl)Cl)C2(C)C)c(Br)c1F. The minimum Gasteiger partial charge on any atom is -0.460 e. The molecule has 2 atom stereocenters. The van der Waals surface area contributed by atoms with Crippen LogP contribution in [0.1, 0.15) is 25.0 Å². The van der Waals surface area contributed by atoms with Crippen molar-refractivity contribution in [2.45, 2.75) is 27.4 Å². The van der Waals surface area contributed by atoms with Crippen molar-refractivity contribution in [3.05, 3.63) is 42.3 Å². The van der Waals surface area contributed by atoms with Gasteiger partial charge in [0.15, 0.2) is 0 Å². The van der Waals surface area contributed by atoms with E-state index in [0.717, 1.165) is 0 Å². The van der Waals surface area contributed by atoms with Gasteiger partial charge in [-0.25, -0.2) is 8.78 Å². The smallest absolute Gasteiger partial charge is 0.310 e. The van der Waals surface area contributed by atoms with E-state index in [2.05, 4.69) is 31.9 Å². The molecule has 1 aromatic carbocycles. The Morgan fingerprint density at radius 2 is 1.75 bits per heavy atom. The standard InChI is InChI=1S/C16H14Br2Cl2F2O2/c1-6-13(21)11(17)7(12(18)14(6)22)5-24-15(23)10-8(4-9(19)20)16(10,2)3/h4,8,10H,5H2,1-3H3/t8-,10+/m0/s1. The van der Waals surface area contributed by atoms with Crippen LogP contribution in [0.3, 0.4) is 0 Å². The fourth-order valence-electron chi connectivity index (χ4n) is 2.72. The summed E-state index contributed by atoms with van der Waals surface area (Å²) in [4.78, 5) is 12.3. The first kappa shape index (κ1) is 20.1. The van der Waals surface area contributed by atoms with Gasteiger partial charge in [-0.3, -0.25) is 4.79 Å². The highest BCUT2D eigenvalue weighted by Gasteiger charge is 2.61. The molecule has 0 saturated heterocycles. The normalized spacial score (nSPS) is 21.4. The molecule has 132 valence electrons.